The van der Waals surface area contributed by atoms with E-state index in [-0.39, 0.29) is 5.82 Å². The predicted octanol–water partition coefficient (Wildman–Crippen LogP) is 2.84. The highest BCUT2D eigenvalue weighted by Crippen LogP contribution is 2.08. The Morgan fingerprint density at radius 2 is 1.75 bits per heavy atom. The first kappa shape index (κ1) is 14.3. The molecule has 0 aliphatic heterocycles. The van der Waals surface area contributed by atoms with Crippen LogP contribution in [0.2, 0.25) is 0 Å². The van der Waals surface area contributed by atoms with E-state index in [9.17, 15) is 4.39 Å². The number of rotatable bonds is 4. The Kier molecular flexibility index (Phi) is 4.90. The van der Waals surface area contributed by atoms with E-state index in [4.69, 9.17) is 12.2 Å². The fourth-order valence-electron chi connectivity index (χ4n) is 1.69. The van der Waals surface area contributed by atoms with Crippen LogP contribution in [0.4, 0.5) is 10.1 Å². The van der Waals surface area contributed by atoms with Crippen LogP contribution >= 0.6 is 12.2 Å². The van der Waals surface area contributed by atoms with E-state index in [1.165, 1.54) is 12.1 Å². The van der Waals surface area contributed by atoms with E-state index in [1.807, 2.05) is 42.4 Å². The number of hydrazine groups is 1. The van der Waals surface area contributed by atoms with Crippen LogP contribution in [-0.2, 0) is 6.54 Å². The average molecular weight is 289 g/mol. The number of para-hydroxylation sites is 1. The first-order chi connectivity index (χ1) is 9.65. The minimum Gasteiger partial charge on any atom is -0.357 e. The normalized spacial score (nSPS) is 9.90. The molecule has 0 heterocycles. The summed E-state index contributed by atoms with van der Waals surface area (Å²) >= 11 is 5.22. The summed E-state index contributed by atoms with van der Waals surface area (Å²) in [5, 5.41) is 5.42. The maximum absolute atomic E-state index is 12.8. The lowest BCUT2D eigenvalue weighted by Crippen LogP contribution is -2.45. The van der Waals surface area contributed by atoms with Gasteiger partial charge in [-0.2, -0.15) is 0 Å². The molecule has 5 heteroatoms. The maximum Gasteiger partial charge on any atom is 0.185 e. The SMILES string of the molecule is CN(NC(=S)NCc1ccc(F)cc1)c1ccccc1. The van der Waals surface area contributed by atoms with Gasteiger partial charge in [0, 0.05) is 13.6 Å². The second kappa shape index (κ2) is 6.86. The Bertz CT molecular complexity index is 557. The summed E-state index contributed by atoms with van der Waals surface area (Å²) in [6, 6.07) is 16.2. The molecule has 2 rings (SSSR count). The van der Waals surface area contributed by atoms with Gasteiger partial charge in [-0.15, -0.1) is 0 Å². The molecule has 0 fully saturated rings. The topological polar surface area (TPSA) is 27.3 Å². The molecule has 3 nitrogen and oxygen atoms in total. The molecule has 0 radical (unpaired) electrons. The summed E-state index contributed by atoms with van der Waals surface area (Å²) in [4.78, 5) is 0. The third-order valence-electron chi connectivity index (χ3n) is 2.78. The van der Waals surface area contributed by atoms with Crippen molar-refractivity contribution in [3.63, 3.8) is 0 Å². The van der Waals surface area contributed by atoms with Crippen LogP contribution in [-0.4, -0.2) is 12.2 Å². The van der Waals surface area contributed by atoms with E-state index < -0.39 is 0 Å². The molecule has 0 amide bonds. The number of nitrogens with one attached hydrogen (secondary N) is 2. The standard InChI is InChI=1S/C15H16FN3S/c1-19(14-5-3-2-4-6-14)18-15(20)17-11-12-7-9-13(16)10-8-12/h2-10H,11H2,1H3,(H2,17,18,20). The van der Waals surface area contributed by atoms with E-state index >= 15 is 0 Å². The number of nitrogens with zero attached hydrogens (tertiary/aromatic N) is 1. The summed E-state index contributed by atoms with van der Waals surface area (Å²) in [5.74, 6) is -0.238. The molecule has 2 aromatic rings. The van der Waals surface area contributed by atoms with Gasteiger partial charge in [0.15, 0.2) is 5.11 Å². The van der Waals surface area contributed by atoms with Crippen molar-refractivity contribution in [3.05, 3.63) is 66.0 Å². The number of thiocarbonyl (C=S) groups is 1. The van der Waals surface area contributed by atoms with Crippen LogP contribution < -0.4 is 15.8 Å². The lowest BCUT2D eigenvalue weighted by molar-refractivity contribution is 0.626. The Labute approximate surface area is 123 Å². The third kappa shape index (κ3) is 4.20. The molecule has 2 aromatic carbocycles. The van der Waals surface area contributed by atoms with Crippen LogP contribution in [0.3, 0.4) is 0 Å². The second-order valence-corrected chi connectivity index (χ2v) is 4.72. The van der Waals surface area contributed by atoms with Gasteiger partial charge in [0.25, 0.3) is 0 Å². The largest absolute Gasteiger partial charge is 0.357 e. The zero-order valence-electron chi connectivity index (χ0n) is 11.1. The van der Waals surface area contributed by atoms with Gasteiger partial charge in [0.05, 0.1) is 5.69 Å². The molecule has 0 saturated heterocycles. The van der Waals surface area contributed by atoms with Crippen molar-refractivity contribution in [1.82, 2.24) is 10.7 Å². The molecular weight excluding hydrogens is 273 g/mol. The van der Waals surface area contributed by atoms with E-state index in [0.29, 0.717) is 11.7 Å². The zero-order valence-corrected chi connectivity index (χ0v) is 12.0. The van der Waals surface area contributed by atoms with Crippen LogP contribution in [0.25, 0.3) is 0 Å². The molecule has 0 aliphatic carbocycles. The minimum atomic E-state index is -0.238. The van der Waals surface area contributed by atoms with Crippen molar-refractivity contribution in [3.8, 4) is 0 Å². The molecule has 2 N–H and O–H groups in total. The van der Waals surface area contributed by atoms with E-state index in [1.54, 1.807) is 12.1 Å². The lowest BCUT2D eigenvalue weighted by atomic mass is 10.2. The fourth-order valence-corrected chi connectivity index (χ4v) is 1.90. The zero-order chi connectivity index (χ0) is 14.4. The smallest absolute Gasteiger partial charge is 0.185 e. The summed E-state index contributed by atoms with van der Waals surface area (Å²) in [6.45, 7) is 0.550. The Balaban J connectivity index is 1.82. The molecule has 0 atom stereocenters. The number of hydrogen-bond donors (Lipinski definition) is 2. The van der Waals surface area contributed by atoms with Crippen molar-refractivity contribution >= 4 is 23.0 Å². The van der Waals surface area contributed by atoms with Crippen molar-refractivity contribution < 1.29 is 4.39 Å². The maximum atomic E-state index is 12.8. The van der Waals surface area contributed by atoms with Gasteiger partial charge in [0.1, 0.15) is 5.82 Å². The highest BCUT2D eigenvalue weighted by molar-refractivity contribution is 7.80. The Morgan fingerprint density at radius 3 is 2.40 bits per heavy atom. The van der Waals surface area contributed by atoms with Crippen molar-refractivity contribution in [2.45, 2.75) is 6.54 Å². The number of hydrogen-bond acceptors (Lipinski definition) is 2. The van der Waals surface area contributed by atoms with Gasteiger partial charge in [0.2, 0.25) is 0 Å². The molecular formula is C15H16FN3S. The van der Waals surface area contributed by atoms with Crippen molar-refractivity contribution in [1.29, 1.82) is 0 Å². The highest BCUT2D eigenvalue weighted by atomic mass is 32.1. The Hall–Kier alpha value is -2.14. The van der Waals surface area contributed by atoms with Gasteiger partial charge in [-0.25, -0.2) is 4.39 Å². The highest BCUT2D eigenvalue weighted by Gasteiger charge is 2.02. The summed E-state index contributed by atoms with van der Waals surface area (Å²) < 4.78 is 12.8. The molecule has 0 saturated carbocycles. The second-order valence-electron chi connectivity index (χ2n) is 4.32. The molecule has 0 bridgehead atoms. The lowest BCUT2D eigenvalue weighted by Gasteiger charge is -2.22. The summed E-state index contributed by atoms with van der Waals surface area (Å²) in [6.07, 6.45) is 0. The molecule has 0 aliphatic rings. The van der Waals surface area contributed by atoms with Crippen molar-refractivity contribution in [2.75, 3.05) is 12.1 Å². The third-order valence-corrected chi connectivity index (χ3v) is 3.01. The molecule has 0 aromatic heterocycles. The van der Waals surface area contributed by atoms with E-state index in [0.717, 1.165) is 11.3 Å². The number of benzene rings is 2. The van der Waals surface area contributed by atoms with Gasteiger partial charge in [-0.05, 0) is 42.0 Å². The van der Waals surface area contributed by atoms with Crippen LogP contribution in [0.1, 0.15) is 5.56 Å². The summed E-state index contributed by atoms with van der Waals surface area (Å²) in [7, 11) is 1.89. The Morgan fingerprint density at radius 1 is 1.10 bits per heavy atom. The van der Waals surface area contributed by atoms with Crippen molar-refractivity contribution in [2.24, 2.45) is 0 Å². The number of anilines is 1. The monoisotopic (exact) mass is 289 g/mol. The van der Waals surface area contributed by atoms with Gasteiger partial charge in [-0.1, -0.05) is 30.3 Å². The fraction of sp³-hybridized carbons (Fsp3) is 0.133. The first-order valence-corrected chi connectivity index (χ1v) is 6.63. The van der Waals surface area contributed by atoms with Crippen LogP contribution in [0.5, 0.6) is 0 Å². The first-order valence-electron chi connectivity index (χ1n) is 6.23. The average Bonchev–Trinajstić information content (AvgIpc) is 2.47. The molecule has 0 spiro atoms. The molecule has 0 unspecified atom stereocenters. The predicted molar refractivity (Wildman–Crippen MR) is 83.8 cm³/mol. The molecule has 104 valence electrons. The van der Waals surface area contributed by atoms with Gasteiger partial charge < -0.3 is 5.32 Å². The minimum absolute atomic E-state index is 0.238. The van der Waals surface area contributed by atoms with Crippen LogP contribution in [0.15, 0.2) is 54.6 Å². The van der Waals surface area contributed by atoms with Gasteiger partial charge in [-0.3, -0.25) is 10.4 Å². The number of halogens is 1. The quantitative estimate of drug-likeness (QED) is 0.668. The van der Waals surface area contributed by atoms with E-state index in [2.05, 4.69) is 10.7 Å². The molecule has 20 heavy (non-hydrogen) atoms. The van der Waals surface area contributed by atoms with Gasteiger partial charge >= 0.3 is 0 Å². The summed E-state index contributed by atoms with van der Waals surface area (Å²) in [5.41, 5.74) is 5.04. The van der Waals surface area contributed by atoms with Crippen LogP contribution in [0, 0.1) is 5.82 Å².